The van der Waals surface area contributed by atoms with E-state index < -0.39 is 22.5 Å². The van der Waals surface area contributed by atoms with Gasteiger partial charge in [0.25, 0.3) is 10.0 Å². The molecule has 144 valence electrons. The van der Waals surface area contributed by atoms with Gasteiger partial charge in [0.2, 0.25) is 6.79 Å². The van der Waals surface area contributed by atoms with Crippen molar-refractivity contribution in [2.24, 2.45) is 0 Å². The maximum atomic E-state index is 13.2. The smallest absolute Gasteiger partial charge is 0.326 e. The molecule has 2 aromatic rings. The lowest BCUT2D eigenvalue weighted by Gasteiger charge is -2.24. The number of fused-ring (bicyclic) bond motifs is 1. The molecule has 1 aliphatic heterocycles. The van der Waals surface area contributed by atoms with Crippen molar-refractivity contribution in [3.05, 3.63) is 42.5 Å². The van der Waals surface area contributed by atoms with Crippen molar-refractivity contribution in [3.8, 4) is 11.5 Å². The highest BCUT2D eigenvalue weighted by molar-refractivity contribution is 7.98. The van der Waals surface area contributed by atoms with E-state index in [9.17, 15) is 13.2 Å². The zero-order valence-corrected chi connectivity index (χ0v) is 16.5. The zero-order valence-electron chi connectivity index (χ0n) is 14.9. The lowest BCUT2D eigenvalue weighted by atomic mass is 10.3. The van der Waals surface area contributed by atoms with Gasteiger partial charge in [-0.15, -0.1) is 11.8 Å². The molecular weight excluding hydrogens is 390 g/mol. The molecule has 0 aliphatic carbocycles. The number of nitrogens with zero attached hydrogens (tertiary/aromatic N) is 1. The molecule has 0 fully saturated rings. The summed E-state index contributed by atoms with van der Waals surface area (Å²) in [6.07, 6.45) is 1.91. The fraction of sp³-hybridized carbons (Fsp3) is 0.278. The number of carbonyl (C=O) groups excluding carboxylic acids is 1. The molecule has 0 saturated carbocycles. The van der Waals surface area contributed by atoms with E-state index in [1.165, 1.54) is 30.0 Å². The number of sulfonamides is 1. The minimum absolute atomic E-state index is 0.0690. The summed E-state index contributed by atoms with van der Waals surface area (Å²) >= 11 is 1.51. The van der Waals surface area contributed by atoms with E-state index in [-0.39, 0.29) is 18.3 Å². The highest BCUT2D eigenvalue weighted by atomic mass is 32.2. The van der Waals surface area contributed by atoms with E-state index >= 15 is 0 Å². The average Bonchev–Trinajstić information content (AvgIpc) is 3.14. The molecule has 7 nitrogen and oxygen atoms in total. The summed E-state index contributed by atoms with van der Waals surface area (Å²) < 4.78 is 43.0. The minimum Gasteiger partial charge on any atom is -0.465 e. The summed E-state index contributed by atoms with van der Waals surface area (Å²) in [6.45, 7) is 1.45. The average molecular weight is 409 g/mol. The Morgan fingerprint density at radius 2 is 1.85 bits per heavy atom. The van der Waals surface area contributed by atoms with Crippen molar-refractivity contribution in [2.75, 3.05) is 30.5 Å². The van der Waals surface area contributed by atoms with E-state index in [1.807, 2.05) is 6.26 Å². The summed E-state index contributed by atoms with van der Waals surface area (Å²) in [5, 5.41) is 0. The van der Waals surface area contributed by atoms with E-state index in [0.29, 0.717) is 17.2 Å². The Bertz CT molecular complexity index is 927. The SMILES string of the molecule is CCOC(=O)CN(c1ccc2c(c1)OCO2)S(=O)(=O)c1ccc(SC)cc1. The number of esters is 1. The van der Waals surface area contributed by atoms with Crippen molar-refractivity contribution in [1.29, 1.82) is 0 Å². The lowest BCUT2D eigenvalue weighted by Crippen LogP contribution is -2.36. The third kappa shape index (κ3) is 4.14. The van der Waals surface area contributed by atoms with Crippen LogP contribution < -0.4 is 13.8 Å². The quantitative estimate of drug-likeness (QED) is 0.514. The van der Waals surface area contributed by atoms with Crippen LogP contribution in [0.3, 0.4) is 0 Å². The van der Waals surface area contributed by atoms with E-state index in [1.54, 1.807) is 31.2 Å². The predicted octanol–water partition coefficient (Wildman–Crippen LogP) is 2.90. The molecular formula is C18H19NO6S2. The van der Waals surface area contributed by atoms with E-state index in [2.05, 4.69) is 0 Å². The van der Waals surface area contributed by atoms with Crippen LogP contribution >= 0.6 is 11.8 Å². The first-order valence-electron chi connectivity index (χ1n) is 8.17. The first-order chi connectivity index (χ1) is 13.0. The largest absolute Gasteiger partial charge is 0.465 e. The number of anilines is 1. The number of thioether (sulfide) groups is 1. The highest BCUT2D eigenvalue weighted by Gasteiger charge is 2.29. The Hall–Kier alpha value is -2.39. The number of hydrogen-bond acceptors (Lipinski definition) is 7. The predicted molar refractivity (Wildman–Crippen MR) is 102 cm³/mol. The number of rotatable bonds is 7. The molecule has 0 N–H and O–H groups in total. The fourth-order valence-electron chi connectivity index (χ4n) is 2.55. The third-order valence-corrected chi connectivity index (χ3v) is 6.40. The van der Waals surface area contributed by atoms with Gasteiger partial charge in [-0.2, -0.15) is 0 Å². The Labute approximate surface area is 162 Å². The summed E-state index contributed by atoms with van der Waals surface area (Å²) in [7, 11) is -3.98. The van der Waals surface area contributed by atoms with Crippen LogP contribution in [0.15, 0.2) is 52.3 Å². The molecule has 0 bridgehead atoms. The second kappa shape index (κ2) is 8.10. The molecule has 0 atom stereocenters. The van der Waals surface area contributed by atoms with Gasteiger partial charge < -0.3 is 14.2 Å². The number of benzene rings is 2. The van der Waals surface area contributed by atoms with Crippen molar-refractivity contribution in [3.63, 3.8) is 0 Å². The second-order valence-corrected chi connectivity index (χ2v) is 8.27. The van der Waals surface area contributed by atoms with Crippen molar-refractivity contribution in [1.82, 2.24) is 0 Å². The van der Waals surface area contributed by atoms with Crippen LogP contribution in [0.25, 0.3) is 0 Å². The van der Waals surface area contributed by atoms with Gasteiger partial charge in [0, 0.05) is 11.0 Å². The van der Waals surface area contributed by atoms with Gasteiger partial charge in [0.05, 0.1) is 17.2 Å². The molecule has 0 unspecified atom stereocenters. The second-order valence-electron chi connectivity index (χ2n) is 5.53. The van der Waals surface area contributed by atoms with Gasteiger partial charge in [-0.05, 0) is 49.6 Å². The van der Waals surface area contributed by atoms with Crippen molar-refractivity contribution in [2.45, 2.75) is 16.7 Å². The van der Waals surface area contributed by atoms with Crippen LogP contribution in [-0.2, 0) is 19.6 Å². The molecule has 1 aliphatic rings. The molecule has 9 heteroatoms. The fourth-order valence-corrected chi connectivity index (χ4v) is 4.36. The monoisotopic (exact) mass is 409 g/mol. The van der Waals surface area contributed by atoms with Gasteiger partial charge in [-0.25, -0.2) is 8.42 Å². The molecule has 1 heterocycles. The maximum Gasteiger partial charge on any atom is 0.326 e. The Morgan fingerprint density at radius 3 is 2.52 bits per heavy atom. The standard InChI is InChI=1S/C18H19NO6S2/c1-3-23-18(20)11-19(13-4-9-16-17(10-13)25-12-24-16)27(21,22)15-7-5-14(26-2)6-8-15/h4-10H,3,11-12H2,1-2H3. The lowest BCUT2D eigenvalue weighted by molar-refractivity contribution is -0.141. The Balaban J connectivity index is 2.01. The Kier molecular flexibility index (Phi) is 5.81. The van der Waals surface area contributed by atoms with Gasteiger partial charge in [0.1, 0.15) is 6.54 Å². The molecule has 0 saturated heterocycles. The van der Waals surface area contributed by atoms with Crippen molar-refractivity contribution >= 4 is 33.4 Å². The molecule has 0 amide bonds. The highest BCUT2D eigenvalue weighted by Crippen LogP contribution is 2.37. The summed E-state index contributed by atoms with van der Waals surface area (Å²) in [4.78, 5) is 13.1. The van der Waals surface area contributed by atoms with Crippen LogP contribution in [0.4, 0.5) is 5.69 Å². The van der Waals surface area contributed by atoms with Crippen LogP contribution in [0, 0.1) is 0 Å². The van der Waals surface area contributed by atoms with Crippen LogP contribution in [0.5, 0.6) is 11.5 Å². The van der Waals surface area contributed by atoms with Crippen LogP contribution in [-0.4, -0.2) is 40.6 Å². The summed E-state index contributed by atoms with van der Waals surface area (Å²) in [6, 6.07) is 11.2. The summed E-state index contributed by atoms with van der Waals surface area (Å²) in [5.74, 6) is 0.310. The number of ether oxygens (including phenoxy) is 3. The van der Waals surface area contributed by atoms with Crippen molar-refractivity contribution < 1.29 is 27.4 Å². The maximum absolute atomic E-state index is 13.2. The van der Waals surface area contributed by atoms with Crippen LogP contribution in [0.2, 0.25) is 0 Å². The normalized spacial score (nSPS) is 12.7. The first kappa shape index (κ1) is 19.4. The van der Waals surface area contributed by atoms with E-state index in [4.69, 9.17) is 14.2 Å². The van der Waals surface area contributed by atoms with Gasteiger partial charge in [0.15, 0.2) is 11.5 Å². The van der Waals surface area contributed by atoms with Gasteiger partial charge in [-0.1, -0.05) is 0 Å². The molecule has 27 heavy (non-hydrogen) atoms. The number of carbonyl (C=O) groups is 1. The summed E-state index contributed by atoms with van der Waals surface area (Å²) in [5.41, 5.74) is 0.293. The van der Waals surface area contributed by atoms with E-state index in [0.717, 1.165) is 9.20 Å². The topological polar surface area (TPSA) is 82.1 Å². The Morgan fingerprint density at radius 1 is 1.15 bits per heavy atom. The van der Waals surface area contributed by atoms with Gasteiger partial charge in [-0.3, -0.25) is 9.10 Å². The molecule has 3 rings (SSSR count). The molecule has 0 radical (unpaired) electrons. The van der Waals surface area contributed by atoms with Gasteiger partial charge >= 0.3 is 5.97 Å². The molecule has 2 aromatic carbocycles. The minimum atomic E-state index is -3.98. The first-order valence-corrected chi connectivity index (χ1v) is 10.8. The molecule has 0 aromatic heterocycles. The molecule has 0 spiro atoms. The van der Waals surface area contributed by atoms with Crippen LogP contribution in [0.1, 0.15) is 6.92 Å². The number of hydrogen-bond donors (Lipinski definition) is 0. The third-order valence-electron chi connectivity index (χ3n) is 3.87. The zero-order chi connectivity index (χ0) is 19.4.